The minimum absolute atomic E-state index is 0.171. The van der Waals surface area contributed by atoms with Crippen molar-refractivity contribution in [1.82, 2.24) is 0 Å². The fourth-order valence-corrected chi connectivity index (χ4v) is 3.59. The molecule has 8 nitrogen and oxygen atoms in total. The highest BCUT2D eigenvalue weighted by Crippen LogP contribution is 2.38. The summed E-state index contributed by atoms with van der Waals surface area (Å²) < 4.78 is 12.0. The number of amides is 1. The number of methoxy groups -OCH3 is 1. The van der Waals surface area contributed by atoms with Crippen molar-refractivity contribution in [1.29, 1.82) is 5.26 Å². The summed E-state index contributed by atoms with van der Waals surface area (Å²) >= 11 is 3.47. The second-order valence-electron chi connectivity index (χ2n) is 7.24. The number of halogens is 1. The number of aryl methyl sites for hydroxylation is 1. The molecule has 0 radical (unpaired) electrons. The molecule has 0 atom stereocenters. The number of rotatable bonds is 8. The maximum atomic E-state index is 12.6. The predicted molar refractivity (Wildman–Crippen MR) is 132 cm³/mol. The number of carbonyl (C=O) groups is 1. The van der Waals surface area contributed by atoms with Crippen LogP contribution in [0, 0.1) is 28.4 Å². The number of ether oxygens (including phenoxy) is 2. The molecule has 0 unspecified atom stereocenters. The highest BCUT2D eigenvalue weighted by molar-refractivity contribution is 9.10. The second-order valence-corrected chi connectivity index (χ2v) is 8.09. The molecule has 34 heavy (non-hydrogen) atoms. The monoisotopic (exact) mass is 521 g/mol. The summed E-state index contributed by atoms with van der Waals surface area (Å²) in [6, 6.07) is 18.6. The van der Waals surface area contributed by atoms with E-state index >= 15 is 0 Å². The molecular formula is C25H20BrN3O5. The Morgan fingerprint density at radius 3 is 2.59 bits per heavy atom. The van der Waals surface area contributed by atoms with E-state index in [9.17, 15) is 20.2 Å². The Labute approximate surface area is 204 Å². The fraction of sp³-hybridized carbons (Fsp3) is 0.120. The predicted octanol–water partition coefficient (Wildman–Crippen LogP) is 5.80. The van der Waals surface area contributed by atoms with Crippen molar-refractivity contribution in [2.45, 2.75) is 13.5 Å². The summed E-state index contributed by atoms with van der Waals surface area (Å²) in [5.41, 5.74) is 2.52. The molecule has 0 saturated carbocycles. The maximum absolute atomic E-state index is 12.6. The normalized spacial score (nSPS) is 10.8. The third-order valence-electron chi connectivity index (χ3n) is 4.75. The number of nitro groups is 1. The number of nitrogens with one attached hydrogen (secondary N) is 1. The summed E-state index contributed by atoms with van der Waals surface area (Å²) in [5, 5.41) is 22.9. The van der Waals surface area contributed by atoms with Crippen LogP contribution in [0.2, 0.25) is 0 Å². The van der Waals surface area contributed by atoms with Crippen LogP contribution in [-0.4, -0.2) is 17.9 Å². The molecule has 9 heteroatoms. The van der Waals surface area contributed by atoms with Gasteiger partial charge in [-0.15, -0.1) is 0 Å². The van der Waals surface area contributed by atoms with Gasteiger partial charge in [-0.05, 0) is 58.3 Å². The molecule has 3 aromatic carbocycles. The third kappa shape index (κ3) is 6.21. The quantitative estimate of drug-likeness (QED) is 0.173. The zero-order valence-corrected chi connectivity index (χ0v) is 20.0. The van der Waals surface area contributed by atoms with Crippen molar-refractivity contribution in [2.24, 2.45) is 0 Å². The van der Waals surface area contributed by atoms with Crippen LogP contribution in [0.1, 0.15) is 16.7 Å². The molecule has 0 aliphatic rings. The van der Waals surface area contributed by atoms with Crippen LogP contribution < -0.4 is 14.8 Å². The summed E-state index contributed by atoms with van der Waals surface area (Å²) in [7, 11) is 1.49. The van der Waals surface area contributed by atoms with Gasteiger partial charge in [0, 0.05) is 17.8 Å². The van der Waals surface area contributed by atoms with E-state index < -0.39 is 10.8 Å². The third-order valence-corrected chi connectivity index (χ3v) is 5.34. The Balaban J connectivity index is 1.81. The molecule has 0 saturated heterocycles. The molecule has 1 N–H and O–H groups in total. The van der Waals surface area contributed by atoms with E-state index in [2.05, 4.69) is 21.2 Å². The number of nitriles is 1. The summed E-state index contributed by atoms with van der Waals surface area (Å²) in [4.78, 5) is 22.9. The first-order valence-corrected chi connectivity index (χ1v) is 10.8. The van der Waals surface area contributed by atoms with Gasteiger partial charge in [-0.3, -0.25) is 14.9 Å². The summed E-state index contributed by atoms with van der Waals surface area (Å²) in [5.74, 6) is 0.210. The molecule has 172 valence electrons. The Hall–Kier alpha value is -4.16. The molecule has 0 fully saturated rings. The summed E-state index contributed by atoms with van der Waals surface area (Å²) in [6.45, 7) is 2.34. The number of non-ortho nitro benzene ring substituents is 1. The molecule has 0 aromatic heterocycles. The molecule has 0 heterocycles. The van der Waals surface area contributed by atoms with Crippen molar-refractivity contribution in [3.8, 4) is 17.6 Å². The highest BCUT2D eigenvalue weighted by atomic mass is 79.9. The van der Waals surface area contributed by atoms with E-state index in [1.54, 1.807) is 12.1 Å². The number of nitrogens with zero attached hydrogens (tertiary/aromatic N) is 2. The van der Waals surface area contributed by atoms with Gasteiger partial charge in [0.25, 0.3) is 11.6 Å². The van der Waals surface area contributed by atoms with E-state index in [1.807, 2.05) is 37.3 Å². The summed E-state index contributed by atoms with van der Waals surface area (Å²) in [6.07, 6.45) is 1.39. The minimum atomic E-state index is -0.696. The van der Waals surface area contributed by atoms with Gasteiger partial charge in [-0.25, -0.2) is 0 Å². The Kier molecular flexibility index (Phi) is 8.01. The first-order valence-electron chi connectivity index (χ1n) is 10.0. The van der Waals surface area contributed by atoms with Crippen molar-refractivity contribution in [2.75, 3.05) is 12.4 Å². The van der Waals surface area contributed by atoms with E-state index in [0.717, 1.165) is 11.1 Å². The van der Waals surface area contributed by atoms with E-state index in [-0.39, 0.29) is 16.9 Å². The van der Waals surface area contributed by atoms with Gasteiger partial charge < -0.3 is 14.8 Å². The van der Waals surface area contributed by atoms with Gasteiger partial charge in [0.15, 0.2) is 11.5 Å². The lowest BCUT2D eigenvalue weighted by atomic mass is 10.1. The van der Waals surface area contributed by atoms with Gasteiger partial charge in [-0.2, -0.15) is 5.26 Å². The van der Waals surface area contributed by atoms with Crippen molar-refractivity contribution >= 4 is 39.3 Å². The van der Waals surface area contributed by atoms with Crippen LogP contribution in [0.4, 0.5) is 11.4 Å². The zero-order chi connectivity index (χ0) is 24.7. The average Bonchev–Trinajstić information content (AvgIpc) is 2.82. The number of hydrogen-bond acceptors (Lipinski definition) is 6. The Bertz CT molecular complexity index is 1300. The second kappa shape index (κ2) is 11.1. The van der Waals surface area contributed by atoms with Crippen LogP contribution in [0.5, 0.6) is 11.5 Å². The standard InChI is InChI=1S/C25H20BrN3O5/c1-16-6-8-17(9-7-16)15-34-24-22(26)11-18(12-23(24)33-2)10-19(14-27)25(30)28-20-4-3-5-21(13-20)29(31)32/h3-13H,15H2,1-2H3,(H,28,30)/b19-10-. The minimum Gasteiger partial charge on any atom is -0.493 e. The Morgan fingerprint density at radius 2 is 1.94 bits per heavy atom. The van der Waals surface area contributed by atoms with Crippen LogP contribution >= 0.6 is 15.9 Å². The largest absolute Gasteiger partial charge is 0.493 e. The van der Waals surface area contributed by atoms with E-state index in [0.29, 0.717) is 28.1 Å². The lowest BCUT2D eigenvalue weighted by molar-refractivity contribution is -0.384. The molecule has 1 amide bonds. The first-order chi connectivity index (χ1) is 16.3. The molecule has 0 aliphatic carbocycles. The molecule has 0 bridgehead atoms. The highest BCUT2D eigenvalue weighted by Gasteiger charge is 2.15. The van der Waals surface area contributed by atoms with Gasteiger partial charge in [0.05, 0.1) is 16.5 Å². The smallest absolute Gasteiger partial charge is 0.271 e. The maximum Gasteiger partial charge on any atom is 0.271 e. The van der Waals surface area contributed by atoms with Crippen molar-refractivity contribution < 1.29 is 19.2 Å². The molecule has 0 spiro atoms. The van der Waals surface area contributed by atoms with E-state index in [1.165, 1.54) is 37.5 Å². The molecule has 0 aliphatic heterocycles. The Morgan fingerprint density at radius 1 is 1.21 bits per heavy atom. The van der Waals surface area contributed by atoms with Crippen LogP contribution in [0.15, 0.2) is 70.7 Å². The van der Waals surface area contributed by atoms with Crippen molar-refractivity contribution in [3.05, 3.63) is 97.5 Å². The van der Waals surface area contributed by atoms with Gasteiger partial charge in [0.2, 0.25) is 0 Å². The lowest BCUT2D eigenvalue weighted by Gasteiger charge is -2.14. The van der Waals surface area contributed by atoms with Gasteiger partial charge >= 0.3 is 0 Å². The first kappa shape index (κ1) is 24.5. The number of nitro benzene ring substituents is 1. The van der Waals surface area contributed by atoms with Crippen LogP contribution in [-0.2, 0) is 11.4 Å². The van der Waals surface area contributed by atoms with Gasteiger partial charge in [-0.1, -0.05) is 35.9 Å². The SMILES string of the molecule is COc1cc(/C=C(/C#N)C(=O)Nc2cccc([N+](=O)[O-])c2)cc(Br)c1OCc1ccc(C)cc1. The van der Waals surface area contributed by atoms with Crippen LogP contribution in [0.3, 0.4) is 0 Å². The molecular weight excluding hydrogens is 502 g/mol. The fourth-order valence-electron chi connectivity index (χ4n) is 3.01. The lowest BCUT2D eigenvalue weighted by Crippen LogP contribution is -2.13. The van der Waals surface area contributed by atoms with Crippen molar-refractivity contribution in [3.63, 3.8) is 0 Å². The van der Waals surface area contributed by atoms with E-state index in [4.69, 9.17) is 9.47 Å². The zero-order valence-electron chi connectivity index (χ0n) is 18.4. The number of anilines is 1. The number of hydrogen-bond donors (Lipinski definition) is 1. The number of carbonyl (C=O) groups excluding carboxylic acids is 1. The topological polar surface area (TPSA) is 114 Å². The molecule has 3 aromatic rings. The average molecular weight is 522 g/mol. The van der Waals surface area contributed by atoms with Gasteiger partial charge in [0.1, 0.15) is 18.2 Å². The van der Waals surface area contributed by atoms with Crippen LogP contribution in [0.25, 0.3) is 6.08 Å². The molecule has 3 rings (SSSR count). The number of benzene rings is 3.